The maximum Gasteiger partial charge on any atom is 0.417 e. The predicted molar refractivity (Wildman–Crippen MR) is 334 cm³/mol. The molecule has 8 atom stereocenters. The predicted octanol–water partition coefficient (Wildman–Crippen LogP) is 5.31. The lowest BCUT2D eigenvalue weighted by molar-refractivity contribution is -0.148. The molecule has 2 fully saturated rings. The van der Waals surface area contributed by atoms with Crippen molar-refractivity contribution in [3.63, 3.8) is 0 Å². The maximum atomic E-state index is 14.6. The molecule has 2 aliphatic heterocycles. The van der Waals surface area contributed by atoms with E-state index < -0.39 is 162 Å². The second-order valence-corrected chi connectivity index (χ2v) is 25.7. The van der Waals surface area contributed by atoms with Crippen LogP contribution in [0.25, 0.3) is 0 Å². The number of hydrogen-bond donors (Lipinski definition) is 4. The molecule has 0 unspecified atom stereocenters. The molecule has 2 aromatic carbocycles. The van der Waals surface area contributed by atoms with Crippen LogP contribution in [0.4, 0.5) is 26.3 Å². The Bertz CT molecular complexity index is 2990. The van der Waals surface area contributed by atoms with Gasteiger partial charge in [-0.1, -0.05) is 77.8 Å². The second kappa shape index (κ2) is 34.6. The van der Waals surface area contributed by atoms with Crippen molar-refractivity contribution in [3.8, 4) is 0 Å². The summed E-state index contributed by atoms with van der Waals surface area (Å²) in [5, 5.41) is 10.5. The molecular formula is C64H92ClF6N11O11. The Morgan fingerprint density at radius 2 is 1.22 bits per heavy atom. The summed E-state index contributed by atoms with van der Waals surface area (Å²) in [4.78, 5) is 163. The Balaban J connectivity index is 1.74. The van der Waals surface area contributed by atoms with Gasteiger partial charge in [0.25, 0.3) is 0 Å². The van der Waals surface area contributed by atoms with Gasteiger partial charge in [-0.05, 0) is 105 Å². The fourth-order valence-corrected chi connectivity index (χ4v) is 11.5. The normalized spacial score (nSPS) is 23.9. The van der Waals surface area contributed by atoms with E-state index in [2.05, 4.69) is 21.3 Å². The Morgan fingerprint density at radius 3 is 1.80 bits per heavy atom. The molecular weight excluding hydrogens is 1250 g/mol. The molecule has 0 aliphatic carbocycles. The minimum absolute atomic E-state index is 0.0226. The molecule has 29 heteroatoms. The van der Waals surface area contributed by atoms with Crippen LogP contribution in [0.15, 0.2) is 42.5 Å². The molecule has 0 bridgehead atoms. The zero-order chi connectivity index (χ0) is 70.1. The number of carbonyl (C=O) groups excluding carboxylic acids is 11. The van der Waals surface area contributed by atoms with E-state index in [0.717, 1.165) is 62.1 Å². The van der Waals surface area contributed by atoms with Gasteiger partial charge < -0.3 is 55.6 Å². The van der Waals surface area contributed by atoms with E-state index in [4.69, 9.17) is 11.6 Å². The third-order valence-electron chi connectivity index (χ3n) is 17.0. The van der Waals surface area contributed by atoms with Gasteiger partial charge in [-0.3, -0.25) is 52.7 Å². The molecule has 0 saturated carbocycles. The lowest BCUT2D eigenvalue weighted by Crippen LogP contribution is -2.58. The lowest BCUT2D eigenvalue weighted by Gasteiger charge is -2.34. The van der Waals surface area contributed by atoms with Crippen LogP contribution in [0.5, 0.6) is 0 Å². The number of carbonyl (C=O) groups is 11. The Hall–Kier alpha value is -7.52. The summed E-state index contributed by atoms with van der Waals surface area (Å²) < 4.78 is 82.0. The van der Waals surface area contributed by atoms with Crippen molar-refractivity contribution in [2.75, 3.05) is 75.0 Å². The standard InChI is InChI=1S/C64H92ClF6N11O11/c1-14-39(6)55-62(93)78(10)35-53(86)76(8)36-54(87)80(12)49(33-42-20-24-43(25-21-42)63(66,67)68)61(92)77(9)34-50(83)74-46(27-23-41-22-26-44(45(65)32-41)64(69,70)71)60(91)82-29-17-18-47(82)57(88)72-28-16-15-19-51(84)81(13)56(38(4)5)59(90)73-40(7)31-52(85)79(11)48(30-37(2)3)58(89)75-55/h20-22,24-26,32,37-40,46-49,55-56H,14-19,23,27-31,33-36H2,1-13H3,(H,72,88)(H,73,90)(H,74,83)(H,75,89)/t39-,40+,46-,47-,48-,49-,55-,56-/m0/s1. The quantitative estimate of drug-likeness (QED) is 0.222. The Kier molecular flexibility index (Phi) is 29.0. The first-order valence-electron chi connectivity index (χ1n) is 31.3. The minimum Gasteiger partial charge on any atom is -0.354 e. The van der Waals surface area contributed by atoms with Crippen LogP contribution in [0.1, 0.15) is 129 Å². The molecule has 2 aliphatic rings. The average Bonchev–Trinajstić information content (AvgIpc) is 1.83. The number of alkyl halides is 6. The van der Waals surface area contributed by atoms with Crippen LogP contribution < -0.4 is 21.3 Å². The maximum absolute atomic E-state index is 14.6. The van der Waals surface area contributed by atoms with Gasteiger partial charge in [0.05, 0.1) is 35.8 Å². The zero-order valence-electron chi connectivity index (χ0n) is 55.4. The lowest BCUT2D eigenvalue weighted by atomic mass is 9.96. The molecule has 4 rings (SSSR count). The van der Waals surface area contributed by atoms with E-state index in [1.165, 1.54) is 57.0 Å². The van der Waals surface area contributed by atoms with Crippen LogP contribution in [-0.2, 0) is 77.9 Å². The molecule has 22 nitrogen and oxygen atoms in total. The molecule has 11 amide bonds. The molecule has 2 aromatic rings. The van der Waals surface area contributed by atoms with Crippen LogP contribution in [0.2, 0.25) is 5.02 Å². The van der Waals surface area contributed by atoms with Crippen LogP contribution >= 0.6 is 11.6 Å². The Morgan fingerprint density at radius 1 is 0.613 bits per heavy atom. The molecule has 93 heavy (non-hydrogen) atoms. The summed E-state index contributed by atoms with van der Waals surface area (Å²) in [6.45, 7) is 10.3. The number of likely N-dealkylation sites (N-methyl/N-ethyl adjacent to an activating group) is 6. The number of amides is 11. The number of benzene rings is 2. The van der Waals surface area contributed by atoms with E-state index in [1.54, 1.807) is 34.6 Å². The molecule has 2 saturated heterocycles. The van der Waals surface area contributed by atoms with Gasteiger partial charge in [0, 0.05) is 80.7 Å². The third-order valence-corrected chi connectivity index (χ3v) is 17.3. The van der Waals surface area contributed by atoms with E-state index in [-0.39, 0.29) is 86.9 Å². The average molecular weight is 1340 g/mol. The number of halogens is 7. The summed E-state index contributed by atoms with van der Waals surface area (Å²) in [5.74, 6) is -8.56. The smallest absolute Gasteiger partial charge is 0.354 e. The highest BCUT2D eigenvalue weighted by atomic mass is 35.5. The fourth-order valence-electron chi connectivity index (χ4n) is 11.2. The summed E-state index contributed by atoms with van der Waals surface area (Å²) in [6, 6.07) is -1.32. The molecule has 4 N–H and O–H groups in total. The minimum atomic E-state index is -4.78. The monoisotopic (exact) mass is 1340 g/mol. The van der Waals surface area contributed by atoms with Crippen molar-refractivity contribution < 1.29 is 79.1 Å². The van der Waals surface area contributed by atoms with Crippen LogP contribution in [0, 0.1) is 17.8 Å². The molecule has 0 spiro atoms. The van der Waals surface area contributed by atoms with Gasteiger partial charge in [0.2, 0.25) is 65.0 Å². The van der Waals surface area contributed by atoms with Crippen LogP contribution in [-0.4, -0.2) is 217 Å². The van der Waals surface area contributed by atoms with Gasteiger partial charge in [0.1, 0.15) is 36.3 Å². The first-order chi connectivity index (χ1) is 43.3. The first kappa shape index (κ1) is 77.9. The highest BCUT2D eigenvalue weighted by Gasteiger charge is 2.41. The van der Waals surface area contributed by atoms with Gasteiger partial charge in [-0.25, -0.2) is 0 Å². The number of rotatable bonds is 10. The number of fused-ring (bicyclic) bond motifs is 1. The SMILES string of the molecule is CC[C@H](C)[C@@H]1NC(=O)[C@H](CC(C)C)N(C)C(=O)C[C@@H](C)NC(=O)[C@H](C(C)C)N(C)C(=O)CCCCNC(=O)[C@@H]2CCCN2C(=O)[C@H](CCc2ccc(C(F)(F)F)c(Cl)c2)NC(=O)CN(C)C(=O)[C@H](Cc2ccc(C(F)(F)F)cc2)N(C)C(=O)CN(C)C(=O)CN(C)C1=O. The van der Waals surface area contributed by atoms with Crippen molar-refractivity contribution in [1.82, 2.24) is 55.6 Å². The van der Waals surface area contributed by atoms with Gasteiger partial charge >= 0.3 is 12.4 Å². The summed E-state index contributed by atoms with van der Waals surface area (Å²) >= 11 is 6.04. The molecule has 2 heterocycles. The number of nitrogens with one attached hydrogen (secondary N) is 4. The topological polar surface area (TPSA) is 259 Å². The first-order valence-corrected chi connectivity index (χ1v) is 31.7. The molecule has 0 radical (unpaired) electrons. The number of hydrogen-bond acceptors (Lipinski definition) is 11. The summed E-state index contributed by atoms with van der Waals surface area (Å²) in [5.41, 5.74) is -1.70. The summed E-state index contributed by atoms with van der Waals surface area (Å²) in [6.07, 6.45) is -8.86. The van der Waals surface area contributed by atoms with Crippen molar-refractivity contribution in [2.45, 2.75) is 174 Å². The van der Waals surface area contributed by atoms with Crippen LogP contribution in [0.3, 0.4) is 0 Å². The fraction of sp³-hybridized carbons (Fsp3) is 0.641. The third kappa shape index (κ3) is 22.3. The van der Waals surface area contributed by atoms with Crippen molar-refractivity contribution in [1.29, 1.82) is 0 Å². The highest BCUT2D eigenvalue weighted by Crippen LogP contribution is 2.36. The van der Waals surface area contributed by atoms with Gasteiger partial charge in [-0.15, -0.1) is 0 Å². The molecule has 0 aromatic heterocycles. The second-order valence-electron chi connectivity index (χ2n) is 25.3. The van der Waals surface area contributed by atoms with E-state index in [1.807, 2.05) is 13.8 Å². The summed E-state index contributed by atoms with van der Waals surface area (Å²) in [7, 11) is 7.89. The Labute approximate surface area is 545 Å². The molecule has 518 valence electrons. The van der Waals surface area contributed by atoms with Crippen molar-refractivity contribution in [2.24, 2.45) is 17.8 Å². The van der Waals surface area contributed by atoms with Gasteiger partial charge in [0.15, 0.2) is 0 Å². The largest absolute Gasteiger partial charge is 0.417 e. The van der Waals surface area contributed by atoms with E-state index >= 15 is 0 Å². The van der Waals surface area contributed by atoms with E-state index in [0.29, 0.717) is 19.3 Å². The zero-order valence-corrected chi connectivity index (χ0v) is 56.2. The van der Waals surface area contributed by atoms with Crippen molar-refractivity contribution >= 4 is 76.6 Å². The van der Waals surface area contributed by atoms with Crippen molar-refractivity contribution in [3.05, 3.63) is 69.7 Å². The highest BCUT2D eigenvalue weighted by molar-refractivity contribution is 6.31. The number of aryl methyl sites for hydroxylation is 1. The van der Waals surface area contributed by atoms with Gasteiger partial charge in [-0.2, -0.15) is 26.3 Å². The van der Waals surface area contributed by atoms with E-state index in [9.17, 15) is 79.1 Å². The number of nitrogens with zero attached hydrogens (tertiary/aromatic N) is 7.